The van der Waals surface area contributed by atoms with E-state index in [1.54, 1.807) is 60.7 Å². The van der Waals surface area contributed by atoms with Gasteiger partial charge in [-0.3, -0.25) is 4.79 Å². The van der Waals surface area contributed by atoms with Crippen molar-refractivity contribution in [1.82, 2.24) is 4.98 Å². The molecule has 1 aromatic heterocycles. The zero-order chi connectivity index (χ0) is 21.1. The summed E-state index contributed by atoms with van der Waals surface area (Å²) in [5.41, 5.74) is 2.14. The Balaban J connectivity index is 1.75. The van der Waals surface area contributed by atoms with E-state index in [-0.39, 0.29) is 11.8 Å². The van der Waals surface area contributed by atoms with Crippen molar-refractivity contribution in [2.24, 2.45) is 0 Å². The molecular formula is C24H18N2O4. The predicted molar refractivity (Wildman–Crippen MR) is 116 cm³/mol. The number of hydrogen-bond donors (Lipinski definition) is 1. The Morgan fingerprint density at radius 2 is 1.83 bits per heavy atom. The number of fused-ring (bicyclic) bond motifs is 1. The molecule has 0 saturated carbocycles. The Labute approximate surface area is 172 Å². The number of nitrogens with zero attached hydrogens (tertiary/aromatic N) is 1. The first-order chi connectivity index (χ1) is 14.6. The van der Waals surface area contributed by atoms with Crippen molar-refractivity contribution in [2.45, 2.75) is 6.92 Å². The quantitative estimate of drug-likeness (QED) is 0.482. The fourth-order valence-corrected chi connectivity index (χ4v) is 3.17. The molecule has 30 heavy (non-hydrogen) atoms. The van der Waals surface area contributed by atoms with Gasteiger partial charge in [-0.05, 0) is 42.8 Å². The van der Waals surface area contributed by atoms with Crippen molar-refractivity contribution in [1.29, 1.82) is 0 Å². The number of nitrogens with one attached hydrogen (secondary N) is 1. The SMILES string of the molecule is C=COc1c(C)cccc1C(=O)Nc1ccccc1-c1nc2ccccc2c(=O)o1. The van der Waals surface area contributed by atoms with Crippen molar-refractivity contribution in [3.63, 3.8) is 0 Å². The molecule has 1 N–H and O–H groups in total. The molecule has 3 aromatic carbocycles. The van der Waals surface area contributed by atoms with E-state index in [4.69, 9.17) is 9.15 Å². The molecule has 4 rings (SSSR count). The zero-order valence-corrected chi connectivity index (χ0v) is 16.2. The molecule has 0 aliphatic heterocycles. The Bertz CT molecular complexity index is 1320. The highest BCUT2D eigenvalue weighted by atomic mass is 16.5. The molecule has 0 atom stereocenters. The lowest BCUT2D eigenvalue weighted by Crippen LogP contribution is -2.14. The summed E-state index contributed by atoms with van der Waals surface area (Å²) in [5.74, 6) is 0.186. The summed E-state index contributed by atoms with van der Waals surface area (Å²) >= 11 is 0. The molecule has 1 heterocycles. The molecule has 0 unspecified atom stereocenters. The molecule has 0 saturated heterocycles. The smallest absolute Gasteiger partial charge is 0.347 e. The maximum Gasteiger partial charge on any atom is 0.347 e. The summed E-state index contributed by atoms with van der Waals surface area (Å²) in [6.45, 7) is 5.41. The van der Waals surface area contributed by atoms with E-state index in [1.807, 2.05) is 13.0 Å². The third-order valence-corrected chi connectivity index (χ3v) is 4.60. The van der Waals surface area contributed by atoms with Gasteiger partial charge in [0.1, 0.15) is 5.75 Å². The summed E-state index contributed by atoms with van der Waals surface area (Å²) in [6, 6.07) is 19.2. The van der Waals surface area contributed by atoms with Crippen molar-refractivity contribution < 1.29 is 13.9 Å². The van der Waals surface area contributed by atoms with Crippen molar-refractivity contribution >= 4 is 22.5 Å². The van der Waals surface area contributed by atoms with E-state index >= 15 is 0 Å². The maximum absolute atomic E-state index is 13.0. The minimum absolute atomic E-state index is 0.126. The molecule has 0 spiro atoms. The monoisotopic (exact) mass is 398 g/mol. The lowest BCUT2D eigenvalue weighted by Gasteiger charge is -2.13. The number of carbonyl (C=O) groups is 1. The fourth-order valence-electron chi connectivity index (χ4n) is 3.17. The second-order valence-electron chi connectivity index (χ2n) is 6.56. The van der Waals surface area contributed by atoms with Crippen LogP contribution in [-0.2, 0) is 0 Å². The number of benzene rings is 3. The normalized spacial score (nSPS) is 10.6. The third-order valence-electron chi connectivity index (χ3n) is 4.60. The van der Waals surface area contributed by atoms with Crippen LogP contribution in [0.2, 0.25) is 0 Å². The molecular weight excluding hydrogens is 380 g/mol. The first kappa shape index (κ1) is 19.1. The molecule has 0 radical (unpaired) electrons. The van der Waals surface area contributed by atoms with Crippen LogP contribution in [0.25, 0.3) is 22.4 Å². The molecule has 0 fully saturated rings. The molecule has 1 amide bonds. The van der Waals surface area contributed by atoms with Gasteiger partial charge in [0.05, 0.1) is 34.0 Å². The lowest BCUT2D eigenvalue weighted by atomic mass is 10.1. The minimum atomic E-state index is -0.489. The van der Waals surface area contributed by atoms with Gasteiger partial charge >= 0.3 is 5.63 Å². The Morgan fingerprint density at radius 3 is 2.67 bits per heavy atom. The summed E-state index contributed by atoms with van der Waals surface area (Å²) in [6.07, 6.45) is 1.28. The van der Waals surface area contributed by atoms with Gasteiger partial charge in [0.15, 0.2) is 0 Å². The largest absolute Gasteiger partial charge is 0.465 e. The van der Waals surface area contributed by atoms with Crippen LogP contribution in [0.1, 0.15) is 15.9 Å². The van der Waals surface area contributed by atoms with E-state index in [0.29, 0.717) is 33.5 Å². The van der Waals surface area contributed by atoms with Crippen LogP contribution in [0.3, 0.4) is 0 Å². The first-order valence-electron chi connectivity index (χ1n) is 9.26. The number of hydrogen-bond acceptors (Lipinski definition) is 5. The van der Waals surface area contributed by atoms with Gasteiger partial charge in [-0.15, -0.1) is 0 Å². The van der Waals surface area contributed by atoms with Crippen molar-refractivity contribution in [3.05, 3.63) is 101 Å². The summed E-state index contributed by atoms with van der Waals surface area (Å²) in [4.78, 5) is 29.8. The lowest BCUT2D eigenvalue weighted by molar-refractivity contribution is 0.102. The van der Waals surface area contributed by atoms with Gasteiger partial charge < -0.3 is 14.5 Å². The number of amides is 1. The second-order valence-corrected chi connectivity index (χ2v) is 6.56. The number of anilines is 1. The molecule has 6 nitrogen and oxygen atoms in total. The zero-order valence-electron chi connectivity index (χ0n) is 16.2. The number of ether oxygens (including phenoxy) is 1. The fraction of sp³-hybridized carbons (Fsp3) is 0.0417. The second kappa shape index (κ2) is 8.05. The summed E-state index contributed by atoms with van der Waals surface area (Å²) < 4.78 is 10.9. The van der Waals surface area contributed by atoms with Crippen LogP contribution in [0, 0.1) is 6.92 Å². The average Bonchev–Trinajstić information content (AvgIpc) is 2.75. The highest BCUT2D eigenvalue weighted by Crippen LogP contribution is 2.29. The van der Waals surface area contributed by atoms with Gasteiger partial charge in [0.2, 0.25) is 5.89 Å². The van der Waals surface area contributed by atoms with Crippen LogP contribution in [0.4, 0.5) is 5.69 Å². The standard InChI is InChI=1S/C24H18N2O4/c1-3-29-21-15(2)9-8-12-18(21)22(27)25-19-13-6-4-10-16(19)23-26-20-14-7-5-11-17(20)24(28)30-23/h3-14H,1H2,2H3,(H,25,27). The van der Waals surface area contributed by atoms with Crippen LogP contribution >= 0.6 is 0 Å². The van der Waals surface area contributed by atoms with Crippen LogP contribution in [-0.4, -0.2) is 10.9 Å². The maximum atomic E-state index is 13.0. The number of rotatable bonds is 5. The van der Waals surface area contributed by atoms with E-state index in [1.165, 1.54) is 6.26 Å². The topological polar surface area (TPSA) is 81.4 Å². The van der Waals surface area contributed by atoms with Gasteiger partial charge in [-0.1, -0.05) is 43.0 Å². The summed E-state index contributed by atoms with van der Waals surface area (Å²) in [7, 11) is 0. The number of aryl methyl sites for hydroxylation is 1. The van der Waals surface area contributed by atoms with E-state index in [9.17, 15) is 9.59 Å². The Morgan fingerprint density at radius 1 is 1.07 bits per heavy atom. The number of aromatic nitrogens is 1. The van der Waals surface area contributed by atoms with Gasteiger partial charge in [-0.2, -0.15) is 0 Å². The van der Waals surface area contributed by atoms with Crippen molar-refractivity contribution in [3.8, 4) is 17.2 Å². The minimum Gasteiger partial charge on any atom is -0.465 e. The number of carbonyl (C=O) groups excluding carboxylic acids is 1. The Kier molecular flexibility index (Phi) is 5.13. The van der Waals surface area contributed by atoms with Gasteiger partial charge in [0, 0.05) is 0 Å². The van der Waals surface area contributed by atoms with Crippen molar-refractivity contribution in [2.75, 3.05) is 5.32 Å². The third kappa shape index (κ3) is 3.58. The Hall–Kier alpha value is -4.19. The molecule has 0 aliphatic carbocycles. The molecule has 148 valence electrons. The molecule has 0 aliphatic rings. The predicted octanol–water partition coefficient (Wildman–Crippen LogP) is 4.94. The number of para-hydroxylation sites is 3. The molecule has 6 heteroatoms. The van der Waals surface area contributed by atoms with Gasteiger partial charge in [-0.25, -0.2) is 9.78 Å². The van der Waals surface area contributed by atoms with E-state index in [2.05, 4.69) is 16.9 Å². The average molecular weight is 398 g/mol. The highest BCUT2D eigenvalue weighted by Gasteiger charge is 2.18. The molecule has 4 aromatic rings. The summed E-state index contributed by atoms with van der Waals surface area (Å²) in [5, 5.41) is 3.26. The van der Waals surface area contributed by atoms with Gasteiger partial charge in [0.25, 0.3) is 5.91 Å². The molecule has 0 bridgehead atoms. The van der Waals surface area contributed by atoms with E-state index in [0.717, 1.165) is 5.56 Å². The van der Waals surface area contributed by atoms with Crippen LogP contribution in [0.5, 0.6) is 5.75 Å². The van der Waals surface area contributed by atoms with E-state index < -0.39 is 5.63 Å². The first-order valence-corrected chi connectivity index (χ1v) is 9.26. The highest BCUT2D eigenvalue weighted by molar-refractivity contribution is 6.08. The van der Waals surface area contributed by atoms with Crippen LogP contribution in [0.15, 0.2) is 88.8 Å². The van der Waals surface area contributed by atoms with Crippen LogP contribution < -0.4 is 15.7 Å².